The van der Waals surface area contributed by atoms with Gasteiger partial charge in [-0.15, -0.1) is 0 Å². The number of rotatable bonds is 2. The molecule has 1 heterocycles. The Bertz CT molecular complexity index is 431. The van der Waals surface area contributed by atoms with Crippen molar-refractivity contribution < 1.29 is 0 Å². The third-order valence-electron chi connectivity index (χ3n) is 3.27. The Morgan fingerprint density at radius 3 is 2.65 bits per heavy atom. The summed E-state index contributed by atoms with van der Waals surface area (Å²) in [5.41, 5.74) is 8.41. The van der Waals surface area contributed by atoms with E-state index in [2.05, 4.69) is 17.2 Å². The van der Waals surface area contributed by atoms with Gasteiger partial charge < -0.3 is 10.6 Å². The molecular formula is C13H17N3S. The van der Waals surface area contributed by atoms with Crippen molar-refractivity contribution in [2.24, 2.45) is 0 Å². The van der Waals surface area contributed by atoms with Crippen LogP contribution in [0.1, 0.15) is 18.4 Å². The van der Waals surface area contributed by atoms with Gasteiger partial charge in [0.15, 0.2) is 0 Å². The van der Waals surface area contributed by atoms with E-state index in [4.69, 9.17) is 11.0 Å². The van der Waals surface area contributed by atoms with Crippen molar-refractivity contribution in [3.63, 3.8) is 0 Å². The maximum Gasteiger partial charge on any atom is 0.0992 e. The molecule has 0 radical (unpaired) electrons. The number of hydrogen-bond acceptors (Lipinski definition) is 4. The number of hydrogen-bond donors (Lipinski definition) is 1. The summed E-state index contributed by atoms with van der Waals surface area (Å²) < 4.78 is 0. The Kier molecular flexibility index (Phi) is 3.80. The number of anilines is 2. The molecule has 1 fully saturated rings. The molecule has 0 unspecified atom stereocenters. The van der Waals surface area contributed by atoms with E-state index in [9.17, 15) is 0 Å². The zero-order valence-corrected chi connectivity index (χ0v) is 10.8. The van der Waals surface area contributed by atoms with Crippen molar-refractivity contribution in [3.8, 4) is 6.07 Å². The van der Waals surface area contributed by atoms with Crippen LogP contribution in [0.25, 0.3) is 0 Å². The minimum absolute atomic E-state index is 0.630. The topological polar surface area (TPSA) is 53.0 Å². The molecule has 1 aliphatic heterocycles. The molecule has 1 saturated heterocycles. The maximum absolute atomic E-state index is 8.81. The summed E-state index contributed by atoms with van der Waals surface area (Å²) in [6.45, 7) is 2.11. The van der Waals surface area contributed by atoms with E-state index in [0.29, 0.717) is 11.3 Å². The number of benzene rings is 1. The van der Waals surface area contributed by atoms with E-state index in [0.717, 1.165) is 24.0 Å². The molecule has 0 saturated carbocycles. The lowest BCUT2D eigenvalue weighted by Crippen LogP contribution is -2.35. The first kappa shape index (κ1) is 12.1. The van der Waals surface area contributed by atoms with Gasteiger partial charge in [0, 0.05) is 18.3 Å². The van der Waals surface area contributed by atoms with Crippen molar-refractivity contribution in [2.45, 2.75) is 18.1 Å². The Morgan fingerprint density at radius 1 is 1.41 bits per heavy atom. The Hall–Kier alpha value is -1.34. The van der Waals surface area contributed by atoms with Crippen LogP contribution in [0.2, 0.25) is 0 Å². The second-order valence-electron chi connectivity index (χ2n) is 4.31. The fourth-order valence-corrected chi connectivity index (χ4v) is 2.93. The lowest BCUT2D eigenvalue weighted by atomic mass is 10.1. The lowest BCUT2D eigenvalue weighted by molar-refractivity contribution is 0.592. The predicted molar refractivity (Wildman–Crippen MR) is 74.3 cm³/mol. The highest BCUT2D eigenvalue weighted by molar-refractivity contribution is 7.99. The normalized spacial score (nSPS) is 16.8. The van der Waals surface area contributed by atoms with Crippen LogP contribution in [-0.2, 0) is 0 Å². The van der Waals surface area contributed by atoms with Gasteiger partial charge in [0.05, 0.1) is 23.0 Å². The molecule has 0 atom stereocenters. The van der Waals surface area contributed by atoms with Crippen molar-refractivity contribution in [1.29, 1.82) is 5.26 Å². The monoisotopic (exact) mass is 247 g/mol. The first-order valence-electron chi connectivity index (χ1n) is 5.82. The summed E-state index contributed by atoms with van der Waals surface area (Å²) in [6.07, 6.45) is 4.59. The van der Waals surface area contributed by atoms with Crippen LogP contribution in [0.4, 0.5) is 11.4 Å². The number of nitrogen functional groups attached to an aromatic ring is 1. The first-order chi connectivity index (χ1) is 8.24. The molecule has 0 bridgehead atoms. The average Bonchev–Trinajstić information content (AvgIpc) is 2.39. The van der Waals surface area contributed by atoms with Crippen LogP contribution in [0, 0.1) is 11.3 Å². The molecule has 1 aromatic rings. The quantitative estimate of drug-likeness (QED) is 0.816. The molecule has 90 valence electrons. The van der Waals surface area contributed by atoms with Crippen LogP contribution < -0.4 is 10.6 Å². The highest BCUT2D eigenvalue weighted by Crippen LogP contribution is 2.29. The molecule has 2 N–H and O–H groups in total. The molecule has 0 amide bonds. The molecule has 3 nitrogen and oxygen atoms in total. The number of nitrogens with two attached hydrogens (primary N) is 1. The summed E-state index contributed by atoms with van der Waals surface area (Å²) in [6, 6.07) is 7.68. The van der Waals surface area contributed by atoms with E-state index in [1.54, 1.807) is 6.07 Å². The second-order valence-corrected chi connectivity index (χ2v) is 5.45. The largest absolute Gasteiger partial charge is 0.397 e. The summed E-state index contributed by atoms with van der Waals surface area (Å²) in [4.78, 5) is 2.32. The van der Waals surface area contributed by atoms with Crippen molar-refractivity contribution in [1.82, 2.24) is 0 Å². The van der Waals surface area contributed by atoms with Gasteiger partial charge in [-0.2, -0.15) is 17.0 Å². The minimum Gasteiger partial charge on any atom is -0.397 e. The molecule has 4 heteroatoms. The maximum atomic E-state index is 8.81. The van der Waals surface area contributed by atoms with Gasteiger partial charge in [0.25, 0.3) is 0 Å². The van der Waals surface area contributed by atoms with E-state index in [1.807, 2.05) is 23.9 Å². The molecule has 1 aromatic carbocycles. The molecule has 0 aromatic heterocycles. The molecule has 2 rings (SSSR count). The fourth-order valence-electron chi connectivity index (χ4n) is 2.24. The Balaban J connectivity index is 2.11. The van der Waals surface area contributed by atoms with E-state index >= 15 is 0 Å². The predicted octanol–water partition coefficient (Wildman–Crippen LogP) is 2.47. The fraction of sp³-hybridized carbons (Fsp3) is 0.462. The molecule has 0 aliphatic carbocycles. The summed E-state index contributed by atoms with van der Waals surface area (Å²) in [7, 11) is 0. The molecule has 17 heavy (non-hydrogen) atoms. The van der Waals surface area contributed by atoms with Gasteiger partial charge in [-0.1, -0.05) is 0 Å². The van der Waals surface area contributed by atoms with Crippen LogP contribution in [0.3, 0.4) is 0 Å². The Morgan fingerprint density at radius 2 is 2.12 bits per heavy atom. The summed E-state index contributed by atoms with van der Waals surface area (Å²) in [5, 5.41) is 9.59. The number of piperidine rings is 1. The zero-order valence-electron chi connectivity index (χ0n) is 10.0. The SMILES string of the molecule is CSC1CCN(c2ccc(C#N)cc2N)CC1. The van der Waals surface area contributed by atoms with Crippen LogP contribution in [0.5, 0.6) is 0 Å². The van der Waals surface area contributed by atoms with Gasteiger partial charge in [0.2, 0.25) is 0 Å². The summed E-state index contributed by atoms with van der Waals surface area (Å²) >= 11 is 1.95. The number of nitrogens with zero attached hydrogens (tertiary/aromatic N) is 2. The van der Waals surface area contributed by atoms with Crippen LogP contribution in [0.15, 0.2) is 18.2 Å². The van der Waals surface area contributed by atoms with E-state index in [1.165, 1.54) is 12.8 Å². The molecule has 0 spiro atoms. The van der Waals surface area contributed by atoms with Crippen LogP contribution >= 0.6 is 11.8 Å². The third-order valence-corrected chi connectivity index (χ3v) is 4.41. The van der Waals surface area contributed by atoms with Gasteiger partial charge in [0.1, 0.15) is 0 Å². The standard InChI is InChI=1S/C13H17N3S/c1-17-11-4-6-16(7-5-11)13-3-2-10(9-14)8-12(13)15/h2-3,8,11H,4-7,15H2,1H3. The smallest absolute Gasteiger partial charge is 0.0992 e. The molecule has 1 aliphatic rings. The van der Waals surface area contributed by atoms with Crippen LogP contribution in [-0.4, -0.2) is 24.6 Å². The van der Waals surface area contributed by atoms with E-state index in [-0.39, 0.29) is 0 Å². The zero-order chi connectivity index (χ0) is 12.3. The van der Waals surface area contributed by atoms with Gasteiger partial charge in [-0.05, 0) is 37.3 Å². The lowest BCUT2D eigenvalue weighted by Gasteiger charge is -2.33. The third kappa shape index (κ3) is 2.67. The van der Waals surface area contributed by atoms with E-state index < -0.39 is 0 Å². The second kappa shape index (κ2) is 5.33. The number of nitriles is 1. The molecular weight excluding hydrogens is 230 g/mol. The highest BCUT2D eigenvalue weighted by atomic mass is 32.2. The first-order valence-corrected chi connectivity index (χ1v) is 7.10. The summed E-state index contributed by atoms with van der Waals surface area (Å²) in [5.74, 6) is 0. The average molecular weight is 247 g/mol. The number of thioether (sulfide) groups is 1. The highest BCUT2D eigenvalue weighted by Gasteiger charge is 2.19. The van der Waals surface area contributed by atoms with Gasteiger partial charge >= 0.3 is 0 Å². The van der Waals surface area contributed by atoms with Crippen molar-refractivity contribution in [3.05, 3.63) is 23.8 Å². The minimum atomic E-state index is 0.630. The van der Waals surface area contributed by atoms with Crippen molar-refractivity contribution in [2.75, 3.05) is 30.0 Å². The van der Waals surface area contributed by atoms with Crippen molar-refractivity contribution >= 4 is 23.1 Å². The Labute approximate surface area is 107 Å². The van der Waals surface area contributed by atoms with Gasteiger partial charge in [-0.25, -0.2) is 0 Å². The van der Waals surface area contributed by atoms with Gasteiger partial charge in [-0.3, -0.25) is 0 Å².